The number of unbranched alkanes of at least 4 members (excludes halogenated alkanes) is 1. The zero-order valence-corrected chi connectivity index (χ0v) is 28.2. The molecule has 0 aliphatic heterocycles. The van der Waals surface area contributed by atoms with Crippen molar-refractivity contribution in [3.05, 3.63) is 71.8 Å². The van der Waals surface area contributed by atoms with E-state index in [1.165, 1.54) is 24.0 Å². The number of hydrogen-bond acceptors (Lipinski definition) is 7. The van der Waals surface area contributed by atoms with Crippen LogP contribution >= 0.6 is 9.39 Å². The van der Waals surface area contributed by atoms with Crippen LogP contribution in [0.25, 0.3) is 11.1 Å². The van der Waals surface area contributed by atoms with Crippen LogP contribution in [0.2, 0.25) is 0 Å². The van der Waals surface area contributed by atoms with Gasteiger partial charge in [0.1, 0.15) is 18.5 Å². The Balaban J connectivity index is 0.000000389. The molecule has 4 N–H and O–H groups in total. The monoisotopic (exact) mass is 624 g/mol. The fourth-order valence-corrected chi connectivity index (χ4v) is 5.44. The first-order valence-electron chi connectivity index (χ1n) is 15.6. The zero-order valence-electron chi connectivity index (χ0n) is 27.1. The molecule has 44 heavy (non-hydrogen) atoms. The quantitative estimate of drug-likeness (QED) is 0.0814. The summed E-state index contributed by atoms with van der Waals surface area (Å²) in [7, 11) is 6.13. The minimum Gasteiger partial charge on any atom is -0.410 e. The molecule has 0 heterocycles. The van der Waals surface area contributed by atoms with Gasteiger partial charge in [0.25, 0.3) is 0 Å². The molecule has 0 spiro atoms. The Kier molecular flexibility index (Phi) is 19.0. The molecule has 3 aliphatic carbocycles. The van der Waals surface area contributed by atoms with Crippen molar-refractivity contribution < 1.29 is 19.6 Å². The predicted molar refractivity (Wildman–Crippen MR) is 185 cm³/mol. The molecule has 2 unspecified atom stereocenters. The van der Waals surface area contributed by atoms with Gasteiger partial charge in [0.15, 0.2) is 5.78 Å². The number of nitrogens with two attached hydrogens (primary N) is 1. The number of nitrogens with zero attached hydrogens (tertiary/aromatic N) is 2. The lowest BCUT2D eigenvalue weighted by molar-refractivity contribution is -0.129. The first-order chi connectivity index (χ1) is 21.4. The van der Waals surface area contributed by atoms with Crippen molar-refractivity contribution in [1.82, 2.24) is 10.2 Å². The number of oxime groups is 1. The Hall–Kier alpha value is -3.19. The maximum Gasteiger partial charge on any atom is 0.223 e. The third kappa shape index (κ3) is 11.4. The summed E-state index contributed by atoms with van der Waals surface area (Å²) < 4.78 is 0. The zero-order chi connectivity index (χ0) is 33.1. The van der Waals surface area contributed by atoms with E-state index in [-0.39, 0.29) is 23.5 Å². The van der Waals surface area contributed by atoms with Crippen LogP contribution in [-0.4, -0.2) is 61.0 Å². The maximum absolute atomic E-state index is 11.9. The largest absolute Gasteiger partial charge is 0.410 e. The van der Waals surface area contributed by atoms with Gasteiger partial charge < -0.3 is 25.7 Å². The van der Waals surface area contributed by atoms with Gasteiger partial charge in [-0.25, -0.2) is 0 Å². The Bertz CT molecular complexity index is 1210. The van der Waals surface area contributed by atoms with Crippen molar-refractivity contribution in [2.75, 3.05) is 20.6 Å². The molecule has 0 radical (unpaired) electrons. The van der Waals surface area contributed by atoms with Crippen LogP contribution in [0.5, 0.6) is 0 Å². The lowest BCUT2D eigenvalue weighted by Crippen LogP contribution is -2.42. The molecule has 3 aliphatic rings. The summed E-state index contributed by atoms with van der Waals surface area (Å²) in [6, 6.07) is 14.2. The summed E-state index contributed by atoms with van der Waals surface area (Å²) in [5.41, 5.74) is 10.8. The number of carbonyl (C=O) groups excluding carboxylic acids is 3. The summed E-state index contributed by atoms with van der Waals surface area (Å²) in [5, 5.41) is 15.8. The van der Waals surface area contributed by atoms with E-state index >= 15 is 0 Å². The highest BCUT2D eigenvalue weighted by molar-refractivity contribution is 7.13. The number of Topliss-reactive ketones (excluding diaryl/α,β-unsaturated/α-hetero) is 1. The molecular formula is C35H53N4O4P. The number of hydrogen-bond donors (Lipinski definition) is 3. The van der Waals surface area contributed by atoms with E-state index in [9.17, 15) is 14.8 Å². The molecule has 9 heteroatoms. The number of carbonyl (C=O) groups is 3. The maximum atomic E-state index is 11.9. The third-order valence-electron chi connectivity index (χ3n) is 7.78. The van der Waals surface area contributed by atoms with Crippen molar-refractivity contribution in [3.63, 3.8) is 0 Å². The average Bonchev–Trinajstić information content (AvgIpc) is 3.67. The van der Waals surface area contributed by atoms with Gasteiger partial charge in [-0.3, -0.25) is 9.59 Å². The van der Waals surface area contributed by atoms with Crippen LogP contribution in [0, 0.1) is 11.8 Å². The second-order valence-corrected chi connectivity index (χ2v) is 11.0. The molecule has 2 aromatic carbocycles. The molecule has 0 saturated heterocycles. The second-order valence-electron chi connectivity index (χ2n) is 11.0. The number of fused-ring (bicyclic) bond motifs is 3. The summed E-state index contributed by atoms with van der Waals surface area (Å²) in [6.45, 7) is 10.8. The molecule has 2 fully saturated rings. The van der Waals surface area contributed by atoms with Crippen LogP contribution in [-0.2, 0) is 20.8 Å². The topological polar surface area (TPSA) is 125 Å². The highest BCUT2D eigenvalue weighted by atomic mass is 31.0. The highest BCUT2D eigenvalue weighted by Crippen LogP contribution is 2.37. The molecule has 2 aromatic rings. The third-order valence-corrected chi connectivity index (χ3v) is 7.78. The van der Waals surface area contributed by atoms with E-state index in [2.05, 4.69) is 65.8 Å². The van der Waals surface area contributed by atoms with Gasteiger partial charge in [-0.2, -0.15) is 0 Å². The Morgan fingerprint density at radius 2 is 1.57 bits per heavy atom. The average molecular weight is 625 g/mol. The lowest BCUT2D eigenvalue weighted by atomic mass is 10.0. The molecule has 242 valence electrons. The minimum atomic E-state index is -0.458. The summed E-state index contributed by atoms with van der Waals surface area (Å²) in [6.07, 6.45) is 11.1. The molecule has 2 saturated carbocycles. The first kappa shape index (κ1) is 38.8. The Morgan fingerprint density at radius 1 is 0.977 bits per heavy atom. The number of aryl methyl sites for hydroxylation is 1. The normalized spacial score (nSPS) is 15.8. The van der Waals surface area contributed by atoms with Crippen LogP contribution in [0.15, 0.2) is 60.3 Å². The van der Waals surface area contributed by atoms with Crippen molar-refractivity contribution in [2.45, 2.75) is 77.7 Å². The van der Waals surface area contributed by atoms with Gasteiger partial charge >= 0.3 is 0 Å². The molecule has 0 bridgehead atoms. The van der Waals surface area contributed by atoms with Gasteiger partial charge in [0, 0.05) is 23.0 Å². The van der Waals surface area contributed by atoms with Crippen molar-refractivity contribution in [1.29, 1.82) is 0 Å². The fourth-order valence-electron chi connectivity index (χ4n) is 5.44. The van der Waals surface area contributed by atoms with Crippen molar-refractivity contribution >= 4 is 33.6 Å². The van der Waals surface area contributed by atoms with E-state index in [1.54, 1.807) is 6.08 Å². The van der Waals surface area contributed by atoms with Crippen LogP contribution < -0.4 is 10.8 Å². The van der Waals surface area contributed by atoms with E-state index in [0.29, 0.717) is 5.71 Å². The van der Waals surface area contributed by atoms with Gasteiger partial charge in [-0.05, 0) is 88.3 Å². The smallest absolute Gasteiger partial charge is 0.223 e. The number of benzene rings is 2. The fraction of sp³-hybridized carbons (Fsp3) is 0.486. The van der Waals surface area contributed by atoms with Crippen LogP contribution in [0.4, 0.5) is 0 Å². The molecule has 0 aromatic heterocycles. The molecular weight excluding hydrogens is 571 g/mol. The Morgan fingerprint density at radius 3 is 2.11 bits per heavy atom. The highest BCUT2D eigenvalue weighted by Gasteiger charge is 2.35. The van der Waals surface area contributed by atoms with E-state index in [0.717, 1.165) is 68.2 Å². The minimum absolute atomic E-state index is 0.0383. The van der Waals surface area contributed by atoms with E-state index < -0.39 is 6.04 Å². The number of ketones is 1. The Labute approximate surface area is 266 Å². The van der Waals surface area contributed by atoms with Gasteiger partial charge in [0.05, 0.1) is 0 Å². The van der Waals surface area contributed by atoms with Crippen molar-refractivity contribution in [3.8, 4) is 11.1 Å². The first-order valence-corrected chi connectivity index (χ1v) is 16.3. The molecule has 2 atom stereocenters. The second kappa shape index (κ2) is 21.5. The van der Waals surface area contributed by atoms with Crippen LogP contribution in [0.3, 0.4) is 0 Å². The molecule has 5 rings (SSSR count). The standard InChI is InChI=1S/C19H22N2O.C13H19NO2.C2H6.CH2O.H4NP/c1-21(2)12-6-5-7-14-10-11-16-15-8-3-4-9-17(15)19(20-22)18(16)13-14;1-2-11(12(15)9-7-8-9)14-13(16)10-5-3-4-6-10;3*1-2/h3-4,8-11,13,22H,5-7,12H2,1-2H3;2,9-11H,1,3-8H2,(H,14,16);1-2H3;1H2;1-2H2/b20-19-;;;;. The van der Waals surface area contributed by atoms with Gasteiger partial charge in [-0.15, -0.1) is 6.58 Å². The number of rotatable bonds is 10. The lowest BCUT2D eigenvalue weighted by Gasteiger charge is -2.16. The number of amides is 1. The van der Waals surface area contributed by atoms with Crippen LogP contribution in [0.1, 0.15) is 81.9 Å². The van der Waals surface area contributed by atoms with Gasteiger partial charge in [-0.1, -0.05) is 83.7 Å². The summed E-state index contributed by atoms with van der Waals surface area (Å²) in [5.74, 6) is 0.471. The van der Waals surface area contributed by atoms with E-state index in [4.69, 9.17) is 4.79 Å². The number of nitrogens with one attached hydrogen (secondary N) is 1. The predicted octanol–water partition coefficient (Wildman–Crippen LogP) is 6.18. The molecule has 1 amide bonds. The van der Waals surface area contributed by atoms with Crippen molar-refractivity contribution in [2.24, 2.45) is 22.5 Å². The van der Waals surface area contributed by atoms with Gasteiger partial charge in [0.2, 0.25) is 5.91 Å². The van der Waals surface area contributed by atoms with E-state index in [1.807, 2.05) is 48.2 Å². The molecule has 8 nitrogen and oxygen atoms in total. The summed E-state index contributed by atoms with van der Waals surface area (Å²) in [4.78, 5) is 33.9. The summed E-state index contributed by atoms with van der Waals surface area (Å²) >= 11 is 0. The SMILES string of the molecule is C=CC(NC(=O)C1CCCC1)C(=O)C1CC1.C=O.CC.CN(C)CCCCc1ccc2c(c1)/C(=N\O)c1ccccc1-2.NP.